The predicted octanol–water partition coefficient (Wildman–Crippen LogP) is 3.33. The lowest BCUT2D eigenvalue weighted by atomic mass is 10.2. The standard InChI is InChI=1S/C8H5BrFNS/c9-4-5-2-1-3-6-7(5)11-8(10)12-6/h1-3H,4H2. The number of aromatic nitrogens is 1. The number of thiazole rings is 1. The van der Waals surface area contributed by atoms with Crippen molar-refractivity contribution in [2.75, 3.05) is 0 Å². The lowest BCUT2D eigenvalue weighted by Crippen LogP contribution is -1.79. The van der Waals surface area contributed by atoms with Crippen molar-refractivity contribution in [2.24, 2.45) is 0 Å². The topological polar surface area (TPSA) is 12.9 Å². The van der Waals surface area contributed by atoms with Crippen LogP contribution in [-0.2, 0) is 5.33 Å². The summed E-state index contributed by atoms with van der Waals surface area (Å²) >= 11 is 4.41. The first kappa shape index (κ1) is 8.13. The first-order valence-corrected chi connectivity index (χ1v) is 5.35. The molecule has 0 aliphatic rings. The van der Waals surface area contributed by atoms with Crippen molar-refractivity contribution in [3.8, 4) is 0 Å². The highest BCUT2D eigenvalue weighted by atomic mass is 79.9. The molecule has 0 saturated heterocycles. The van der Waals surface area contributed by atoms with Crippen LogP contribution in [0.15, 0.2) is 18.2 Å². The Bertz CT molecular complexity index is 412. The van der Waals surface area contributed by atoms with Crippen LogP contribution in [0.1, 0.15) is 5.56 Å². The van der Waals surface area contributed by atoms with Gasteiger partial charge in [0.25, 0.3) is 5.26 Å². The van der Waals surface area contributed by atoms with Gasteiger partial charge in [0, 0.05) is 5.33 Å². The molecule has 1 aromatic carbocycles. The molecular formula is C8H5BrFNS. The van der Waals surface area contributed by atoms with E-state index in [0.717, 1.165) is 27.1 Å². The number of benzene rings is 1. The van der Waals surface area contributed by atoms with Gasteiger partial charge in [0.05, 0.1) is 10.2 Å². The van der Waals surface area contributed by atoms with Crippen LogP contribution in [0.5, 0.6) is 0 Å². The number of hydrogen-bond donors (Lipinski definition) is 0. The summed E-state index contributed by atoms with van der Waals surface area (Å²) in [5, 5.41) is 0.353. The Hall–Kier alpha value is -0.480. The van der Waals surface area contributed by atoms with E-state index in [1.807, 2.05) is 18.2 Å². The van der Waals surface area contributed by atoms with Crippen molar-refractivity contribution in [3.63, 3.8) is 0 Å². The van der Waals surface area contributed by atoms with Gasteiger partial charge in [-0.15, -0.1) is 0 Å². The number of rotatable bonds is 1. The summed E-state index contributed by atoms with van der Waals surface area (Å²) in [5.74, 6) is 0. The monoisotopic (exact) mass is 245 g/mol. The Morgan fingerprint density at radius 1 is 1.50 bits per heavy atom. The molecule has 62 valence electrons. The van der Waals surface area contributed by atoms with Crippen LogP contribution >= 0.6 is 27.3 Å². The molecule has 4 heteroatoms. The molecule has 1 aromatic heterocycles. The van der Waals surface area contributed by atoms with Gasteiger partial charge in [0.2, 0.25) is 0 Å². The highest BCUT2D eigenvalue weighted by molar-refractivity contribution is 9.08. The molecule has 0 radical (unpaired) electrons. The van der Waals surface area contributed by atoms with Gasteiger partial charge in [-0.25, -0.2) is 4.98 Å². The molecule has 0 aliphatic carbocycles. The minimum Gasteiger partial charge on any atom is -0.209 e. The van der Waals surface area contributed by atoms with Crippen molar-refractivity contribution in [1.29, 1.82) is 0 Å². The molecule has 0 atom stereocenters. The number of alkyl halides is 1. The summed E-state index contributed by atoms with van der Waals surface area (Å²) in [6, 6.07) is 5.73. The van der Waals surface area contributed by atoms with E-state index in [1.54, 1.807) is 0 Å². The Morgan fingerprint density at radius 2 is 2.33 bits per heavy atom. The second kappa shape index (κ2) is 3.11. The van der Waals surface area contributed by atoms with Crippen LogP contribution in [0.25, 0.3) is 10.2 Å². The molecule has 0 spiro atoms. The third-order valence-electron chi connectivity index (χ3n) is 1.62. The van der Waals surface area contributed by atoms with E-state index < -0.39 is 0 Å². The van der Waals surface area contributed by atoms with Gasteiger partial charge in [-0.3, -0.25) is 0 Å². The van der Waals surface area contributed by atoms with E-state index in [0.29, 0.717) is 5.33 Å². The van der Waals surface area contributed by atoms with E-state index in [4.69, 9.17) is 0 Å². The number of nitrogens with zero attached hydrogens (tertiary/aromatic N) is 1. The van der Waals surface area contributed by atoms with Crippen molar-refractivity contribution < 1.29 is 4.39 Å². The summed E-state index contributed by atoms with van der Waals surface area (Å²) in [6.45, 7) is 0. The highest BCUT2D eigenvalue weighted by Gasteiger charge is 2.05. The maximum Gasteiger partial charge on any atom is 0.270 e. The molecular weight excluding hydrogens is 241 g/mol. The number of halogens is 2. The number of para-hydroxylation sites is 1. The van der Waals surface area contributed by atoms with Gasteiger partial charge in [-0.2, -0.15) is 4.39 Å². The normalized spacial score (nSPS) is 10.8. The fraction of sp³-hybridized carbons (Fsp3) is 0.125. The van der Waals surface area contributed by atoms with E-state index in [-0.39, 0.29) is 5.26 Å². The Labute approximate surface area is 81.4 Å². The van der Waals surface area contributed by atoms with Crippen LogP contribution in [-0.4, -0.2) is 4.98 Å². The Kier molecular flexibility index (Phi) is 2.11. The van der Waals surface area contributed by atoms with Gasteiger partial charge in [0.15, 0.2) is 0 Å². The van der Waals surface area contributed by atoms with E-state index in [1.165, 1.54) is 0 Å². The SMILES string of the molecule is Fc1nc2c(CBr)cccc2s1. The maximum atomic E-state index is 12.7. The minimum atomic E-state index is -0.363. The zero-order valence-electron chi connectivity index (χ0n) is 6.05. The molecule has 12 heavy (non-hydrogen) atoms. The summed E-state index contributed by atoms with van der Waals surface area (Å²) in [5.41, 5.74) is 1.81. The van der Waals surface area contributed by atoms with Crippen LogP contribution in [0, 0.1) is 5.26 Å². The van der Waals surface area contributed by atoms with Gasteiger partial charge in [-0.1, -0.05) is 39.4 Å². The molecule has 2 aromatic rings. The van der Waals surface area contributed by atoms with Crippen LogP contribution in [0.2, 0.25) is 0 Å². The van der Waals surface area contributed by atoms with Crippen molar-refractivity contribution >= 4 is 37.5 Å². The second-order valence-corrected chi connectivity index (χ2v) is 3.91. The molecule has 0 aliphatic heterocycles. The van der Waals surface area contributed by atoms with Crippen molar-refractivity contribution in [3.05, 3.63) is 29.0 Å². The fourth-order valence-electron chi connectivity index (χ4n) is 1.09. The van der Waals surface area contributed by atoms with Gasteiger partial charge in [-0.05, 0) is 11.6 Å². The third kappa shape index (κ3) is 1.25. The van der Waals surface area contributed by atoms with E-state index in [2.05, 4.69) is 20.9 Å². The Balaban J connectivity index is 2.78. The van der Waals surface area contributed by atoms with Gasteiger partial charge >= 0.3 is 0 Å². The molecule has 2 rings (SSSR count). The molecule has 0 fully saturated rings. The summed E-state index contributed by atoms with van der Waals surface area (Å²) in [6.07, 6.45) is 0. The molecule has 0 unspecified atom stereocenters. The largest absolute Gasteiger partial charge is 0.270 e. The van der Waals surface area contributed by atoms with Crippen molar-refractivity contribution in [2.45, 2.75) is 5.33 Å². The first-order chi connectivity index (χ1) is 5.81. The number of fused-ring (bicyclic) bond motifs is 1. The van der Waals surface area contributed by atoms with Crippen molar-refractivity contribution in [1.82, 2.24) is 4.98 Å². The van der Waals surface area contributed by atoms with E-state index in [9.17, 15) is 4.39 Å². The first-order valence-electron chi connectivity index (χ1n) is 3.41. The molecule has 1 nitrogen and oxygen atoms in total. The molecule has 0 amide bonds. The smallest absolute Gasteiger partial charge is 0.209 e. The zero-order chi connectivity index (χ0) is 8.55. The molecule has 0 bridgehead atoms. The average molecular weight is 246 g/mol. The zero-order valence-corrected chi connectivity index (χ0v) is 8.45. The van der Waals surface area contributed by atoms with Crippen LogP contribution < -0.4 is 0 Å². The van der Waals surface area contributed by atoms with Crippen LogP contribution in [0.3, 0.4) is 0 Å². The van der Waals surface area contributed by atoms with E-state index >= 15 is 0 Å². The fourth-order valence-corrected chi connectivity index (χ4v) is 2.28. The average Bonchev–Trinajstić information content (AvgIpc) is 2.44. The summed E-state index contributed by atoms with van der Waals surface area (Å²) in [4.78, 5) is 3.81. The molecule has 1 heterocycles. The second-order valence-electron chi connectivity index (χ2n) is 2.36. The maximum absolute atomic E-state index is 12.7. The van der Waals surface area contributed by atoms with Gasteiger partial charge < -0.3 is 0 Å². The molecule has 0 N–H and O–H groups in total. The van der Waals surface area contributed by atoms with Crippen LogP contribution in [0.4, 0.5) is 4.39 Å². The quantitative estimate of drug-likeness (QED) is 0.703. The minimum absolute atomic E-state index is 0.363. The number of hydrogen-bond acceptors (Lipinski definition) is 2. The lowest BCUT2D eigenvalue weighted by Gasteiger charge is -1.93. The third-order valence-corrected chi connectivity index (χ3v) is 3.03. The Morgan fingerprint density at radius 3 is 3.08 bits per heavy atom. The summed E-state index contributed by atoms with van der Waals surface area (Å²) < 4.78 is 13.6. The molecule has 0 saturated carbocycles. The van der Waals surface area contributed by atoms with Gasteiger partial charge in [0.1, 0.15) is 0 Å². The lowest BCUT2D eigenvalue weighted by molar-refractivity contribution is 0.620. The highest BCUT2D eigenvalue weighted by Crippen LogP contribution is 2.24. The summed E-state index contributed by atoms with van der Waals surface area (Å²) in [7, 11) is 0. The predicted molar refractivity (Wildman–Crippen MR) is 52.2 cm³/mol.